The van der Waals surface area contributed by atoms with Gasteiger partial charge < -0.3 is 15.2 Å². The van der Waals surface area contributed by atoms with E-state index in [1.165, 1.54) is 31.3 Å². The second-order valence-electron chi connectivity index (χ2n) is 7.44. The zero-order chi connectivity index (χ0) is 28.5. The molecule has 8 nitrogen and oxygen atoms in total. The number of halogens is 3. The van der Waals surface area contributed by atoms with Crippen molar-refractivity contribution in [3.63, 3.8) is 0 Å². The Morgan fingerprint density at radius 1 is 1.17 bits per heavy atom. The van der Waals surface area contributed by atoms with Gasteiger partial charge in [0.15, 0.2) is 33.3 Å². The van der Waals surface area contributed by atoms with E-state index < -0.39 is 33.8 Å². The number of rotatable bonds is 8. The highest BCUT2D eigenvalue weighted by molar-refractivity contribution is 7.92. The lowest BCUT2D eigenvalue weighted by molar-refractivity contribution is 0.371. The van der Waals surface area contributed by atoms with Gasteiger partial charge in [0.1, 0.15) is 5.69 Å². The minimum absolute atomic E-state index is 0.0284. The average Bonchev–Trinajstić information content (AvgIpc) is 3.19. The molecule has 0 spiro atoms. The van der Waals surface area contributed by atoms with Crippen LogP contribution in [0.1, 0.15) is 15.2 Å². The highest BCUT2D eigenvalue weighted by Gasteiger charge is 2.23. The number of hydrogen-bond donors (Lipinski definition) is 3. The molecule has 0 amide bonds. The number of aromatic hydroxyl groups is 1. The number of para-hydroxylation sites is 1. The molecule has 0 aliphatic heterocycles. The summed E-state index contributed by atoms with van der Waals surface area (Å²) in [7, 11) is -7.05. The number of anilines is 2. The molecule has 4 aromatic rings. The predicted octanol–water partition coefficient (Wildman–Crippen LogP) is 5.06. The minimum Gasteiger partial charge on any atom is -0.504 e. The largest absolute Gasteiger partial charge is 0.504 e. The summed E-state index contributed by atoms with van der Waals surface area (Å²) in [5, 5.41) is 11.6. The molecule has 0 saturated heterocycles. The van der Waals surface area contributed by atoms with Crippen LogP contribution in [-0.2, 0) is 16.6 Å². The van der Waals surface area contributed by atoms with Crippen LogP contribution in [0.5, 0.6) is 11.5 Å². The molecule has 3 N–H and O–H groups in total. The Kier molecular flexibility index (Phi) is 5.97. The molecule has 2 heterocycles. The van der Waals surface area contributed by atoms with Crippen molar-refractivity contribution in [1.29, 1.82) is 0 Å². The van der Waals surface area contributed by atoms with Crippen LogP contribution >= 0.6 is 11.3 Å². The summed E-state index contributed by atoms with van der Waals surface area (Å²) in [4.78, 5) is 7.84. The third kappa shape index (κ3) is 5.21. The lowest BCUT2D eigenvalue weighted by atomic mass is 10.1. The molecule has 13 heteroatoms. The number of aryl methyl sites for hydroxylation is 1. The van der Waals surface area contributed by atoms with Crippen molar-refractivity contribution >= 4 is 32.2 Å². The number of ether oxygens (including phenoxy) is 1. The summed E-state index contributed by atoms with van der Waals surface area (Å²) in [6.45, 7) is 1.50. The molecule has 0 aliphatic carbocycles. The number of phenols is 1. The molecule has 0 unspecified atom stereocenters. The topological polar surface area (TPSA) is 113 Å². The van der Waals surface area contributed by atoms with E-state index in [2.05, 4.69) is 20.0 Å². The molecule has 0 radical (unpaired) electrons. The summed E-state index contributed by atoms with van der Waals surface area (Å²) in [6.07, 6.45) is 1.22. The molecule has 2 aromatic heterocycles. The maximum absolute atomic E-state index is 14.4. The molecule has 0 atom stereocenters. The molecule has 4 rings (SSSR count). The van der Waals surface area contributed by atoms with Crippen LogP contribution in [0.4, 0.5) is 24.0 Å². The molecule has 0 aliphatic rings. The molecule has 36 heavy (non-hydrogen) atoms. The summed E-state index contributed by atoms with van der Waals surface area (Å²) in [6, 6.07) is 8.48. The molecule has 188 valence electrons. The maximum atomic E-state index is 14.4. The van der Waals surface area contributed by atoms with E-state index in [1.807, 2.05) is 0 Å². The standard InChI is InChI=1S/C23H19F3N4O4S2/c1-12-8-15(27-10-14-4-3-5-18(34-2)20(14)31)11-28-22(12)36(32,33)30-23-29-19(21(26)35-23)13-6-7-16(24)17(25)9-13/h3-9,11,27,31H,10H2,1-2H3,(H,29,30)/i2D3. The number of thiazole rings is 1. The SMILES string of the molecule is [2H]C([2H])([2H])Oc1cccc(CNc2cnc(S(=O)(=O)Nc3nc(-c4ccc(F)c(F)c4)c(F)s3)c(C)c2)c1O. The van der Waals surface area contributed by atoms with E-state index in [0.717, 1.165) is 18.2 Å². The first kappa shape index (κ1) is 21.4. The smallest absolute Gasteiger partial charge is 0.281 e. The Bertz CT molecular complexity index is 1650. The van der Waals surface area contributed by atoms with Gasteiger partial charge in [-0.3, -0.25) is 4.72 Å². The van der Waals surface area contributed by atoms with Crippen LogP contribution in [0.25, 0.3) is 11.3 Å². The van der Waals surface area contributed by atoms with Crippen LogP contribution in [0, 0.1) is 23.7 Å². The van der Waals surface area contributed by atoms with Gasteiger partial charge in [-0.2, -0.15) is 12.8 Å². The fourth-order valence-electron chi connectivity index (χ4n) is 3.26. The Hall–Kier alpha value is -3.84. The highest BCUT2D eigenvalue weighted by Crippen LogP contribution is 2.32. The van der Waals surface area contributed by atoms with Crippen molar-refractivity contribution in [2.24, 2.45) is 0 Å². The summed E-state index contributed by atoms with van der Waals surface area (Å²) in [5.41, 5.74) is 0.496. The quantitative estimate of drug-likeness (QED) is 0.287. The van der Waals surface area contributed by atoms with Crippen molar-refractivity contribution in [2.75, 3.05) is 17.1 Å². The average molecular weight is 540 g/mol. The normalized spacial score (nSPS) is 12.9. The van der Waals surface area contributed by atoms with Crippen LogP contribution in [0.15, 0.2) is 53.7 Å². The van der Waals surface area contributed by atoms with E-state index in [4.69, 9.17) is 8.85 Å². The lowest BCUT2D eigenvalue weighted by Crippen LogP contribution is -2.16. The van der Waals surface area contributed by atoms with Crippen molar-refractivity contribution < 1.29 is 35.5 Å². The second kappa shape index (κ2) is 10.0. The highest BCUT2D eigenvalue weighted by atomic mass is 32.2. The van der Waals surface area contributed by atoms with Gasteiger partial charge in [0.05, 0.1) is 23.0 Å². The number of phenolic OH excluding ortho intramolecular Hbond substituents is 1. The van der Waals surface area contributed by atoms with Crippen LogP contribution in [-0.4, -0.2) is 30.5 Å². The number of hydrogen-bond acceptors (Lipinski definition) is 8. The third-order valence-corrected chi connectivity index (χ3v) is 7.25. The lowest BCUT2D eigenvalue weighted by Gasteiger charge is -2.12. The van der Waals surface area contributed by atoms with Crippen molar-refractivity contribution in [1.82, 2.24) is 9.97 Å². The van der Waals surface area contributed by atoms with Crippen LogP contribution in [0.2, 0.25) is 0 Å². The Balaban J connectivity index is 1.49. The fourth-order valence-corrected chi connectivity index (χ4v) is 5.37. The molecule has 0 bridgehead atoms. The summed E-state index contributed by atoms with van der Waals surface area (Å²) < 4.78 is 95.4. The first-order chi connectivity index (χ1) is 18.2. The molecule has 0 fully saturated rings. The predicted molar refractivity (Wildman–Crippen MR) is 129 cm³/mol. The molecular formula is C23H19F3N4O4S2. The Morgan fingerprint density at radius 2 is 1.97 bits per heavy atom. The fraction of sp³-hybridized carbons (Fsp3) is 0.130. The first-order valence-corrected chi connectivity index (χ1v) is 12.4. The van der Waals surface area contributed by atoms with E-state index in [0.29, 0.717) is 22.6 Å². The third-order valence-electron chi connectivity index (χ3n) is 4.96. The van der Waals surface area contributed by atoms with Gasteiger partial charge in [-0.25, -0.2) is 18.7 Å². The Labute approximate surface area is 212 Å². The maximum Gasteiger partial charge on any atom is 0.281 e. The molecule has 2 aromatic carbocycles. The van der Waals surface area contributed by atoms with Gasteiger partial charge in [0.2, 0.25) is 5.13 Å². The van der Waals surface area contributed by atoms with E-state index in [-0.39, 0.29) is 45.0 Å². The number of methoxy groups -OCH3 is 1. The number of nitrogens with zero attached hydrogens (tertiary/aromatic N) is 2. The number of sulfonamides is 1. The van der Waals surface area contributed by atoms with Crippen molar-refractivity contribution in [3.05, 3.63) is 76.6 Å². The minimum atomic E-state index is -4.31. The molecular weight excluding hydrogens is 517 g/mol. The van der Waals surface area contributed by atoms with Crippen LogP contribution in [0.3, 0.4) is 0 Å². The zero-order valence-electron chi connectivity index (χ0n) is 21.3. The second-order valence-corrected chi connectivity index (χ2v) is 9.99. The van der Waals surface area contributed by atoms with Crippen molar-refractivity contribution in [2.45, 2.75) is 18.5 Å². The first-order valence-electron chi connectivity index (χ1n) is 11.6. The number of pyridine rings is 1. The van der Waals surface area contributed by atoms with E-state index in [1.54, 1.807) is 6.07 Å². The van der Waals surface area contributed by atoms with Gasteiger partial charge >= 0.3 is 0 Å². The van der Waals surface area contributed by atoms with Gasteiger partial charge in [-0.15, -0.1) is 0 Å². The van der Waals surface area contributed by atoms with Gasteiger partial charge in [0.25, 0.3) is 10.0 Å². The van der Waals surface area contributed by atoms with Gasteiger partial charge in [-0.1, -0.05) is 23.5 Å². The van der Waals surface area contributed by atoms with E-state index >= 15 is 0 Å². The Morgan fingerprint density at radius 3 is 2.69 bits per heavy atom. The monoisotopic (exact) mass is 539 g/mol. The van der Waals surface area contributed by atoms with Crippen molar-refractivity contribution in [3.8, 4) is 22.8 Å². The summed E-state index contributed by atoms with van der Waals surface area (Å²) in [5.74, 6) is -2.92. The van der Waals surface area contributed by atoms with Gasteiger partial charge in [0, 0.05) is 17.7 Å². The molecule has 0 saturated carbocycles. The van der Waals surface area contributed by atoms with Crippen LogP contribution < -0.4 is 14.8 Å². The number of benzene rings is 2. The number of nitrogens with one attached hydrogen (secondary N) is 2. The summed E-state index contributed by atoms with van der Waals surface area (Å²) >= 11 is 0.368. The van der Waals surface area contributed by atoms with E-state index in [9.17, 15) is 26.7 Å². The zero-order valence-corrected chi connectivity index (χ0v) is 20.0. The number of aromatic nitrogens is 2. The van der Waals surface area contributed by atoms with Gasteiger partial charge in [-0.05, 0) is 42.8 Å².